The summed E-state index contributed by atoms with van der Waals surface area (Å²) in [6.45, 7) is 5.95. The number of likely N-dealkylation sites (tertiary alicyclic amines) is 1. The topological polar surface area (TPSA) is 61.9 Å². The Morgan fingerprint density at radius 2 is 2.05 bits per heavy atom. The molecule has 0 aromatic rings. The first-order chi connectivity index (χ1) is 10.1. The maximum atomic E-state index is 12.2. The summed E-state index contributed by atoms with van der Waals surface area (Å²) < 4.78 is 5.89. The van der Waals surface area contributed by atoms with E-state index in [4.69, 9.17) is 4.74 Å². The Bertz CT molecular complexity index is 411. The summed E-state index contributed by atoms with van der Waals surface area (Å²) in [5, 5.41) is 2.59. The number of carbonyl (C=O) groups excluding carboxylic acids is 2. The van der Waals surface area contributed by atoms with Gasteiger partial charge in [-0.25, -0.2) is 0 Å². The number of nitrogens with one attached hydrogen (secondary N) is 1. The first-order valence-electron chi connectivity index (χ1n) is 8.01. The maximum absolute atomic E-state index is 12.2. The van der Waals surface area contributed by atoms with Crippen LogP contribution in [0.4, 0.5) is 0 Å². The molecule has 0 spiro atoms. The first-order valence-corrected chi connectivity index (χ1v) is 8.01. The van der Waals surface area contributed by atoms with Gasteiger partial charge in [-0.1, -0.05) is 0 Å². The standard InChI is InChI=1S/C15H25N3O3/c1-11(19)16-8-15(20)18-5-4-14-13(10-18)17(6-7-21-14)9-12-2-3-12/h12-14H,2-10H2,1H3,(H,16,19)/t13-,14-/m0/s1. The van der Waals surface area contributed by atoms with Gasteiger partial charge >= 0.3 is 0 Å². The van der Waals surface area contributed by atoms with Crippen LogP contribution in [0, 0.1) is 5.92 Å². The Labute approximate surface area is 125 Å². The third-order valence-corrected chi connectivity index (χ3v) is 4.73. The fraction of sp³-hybridized carbons (Fsp3) is 0.867. The molecule has 1 aliphatic carbocycles. The van der Waals surface area contributed by atoms with Crippen molar-refractivity contribution in [1.29, 1.82) is 0 Å². The highest BCUT2D eigenvalue weighted by molar-refractivity contribution is 5.83. The summed E-state index contributed by atoms with van der Waals surface area (Å²) in [6, 6.07) is 0.328. The van der Waals surface area contributed by atoms with Crippen molar-refractivity contribution in [1.82, 2.24) is 15.1 Å². The van der Waals surface area contributed by atoms with Crippen LogP contribution in [-0.2, 0) is 14.3 Å². The molecule has 2 amide bonds. The zero-order valence-electron chi connectivity index (χ0n) is 12.7. The molecule has 6 heteroatoms. The molecule has 118 valence electrons. The van der Waals surface area contributed by atoms with Gasteiger partial charge in [-0.05, 0) is 25.2 Å². The van der Waals surface area contributed by atoms with Crippen LogP contribution in [0.3, 0.4) is 0 Å². The van der Waals surface area contributed by atoms with Gasteiger partial charge in [-0.15, -0.1) is 0 Å². The molecule has 1 N–H and O–H groups in total. The van der Waals surface area contributed by atoms with E-state index in [9.17, 15) is 9.59 Å². The Morgan fingerprint density at radius 1 is 1.24 bits per heavy atom. The Balaban J connectivity index is 1.57. The lowest BCUT2D eigenvalue weighted by atomic mass is 9.98. The van der Waals surface area contributed by atoms with Crippen molar-refractivity contribution in [2.45, 2.75) is 38.3 Å². The maximum Gasteiger partial charge on any atom is 0.242 e. The summed E-state index contributed by atoms with van der Waals surface area (Å²) in [4.78, 5) is 27.5. The van der Waals surface area contributed by atoms with Crippen LogP contribution in [0.25, 0.3) is 0 Å². The van der Waals surface area contributed by atoms with Crippen molar-refractivity contribution in [2.24, 2.45) is 5.92 Å². The number of hydrogen-bond acceptors (Lipinski definition) is 4. The molecule has 3 rings (SSSR count). The smallest absolute Gasteiger partial charge is 0.242 e. The zero-order chi connectivity index (χ0) is 14.8. The Morgan fingerprint density at radius 3 is 2.76 bits per heavy atom. The largest absolute Gasteiger partial charge is 0.375 e. The summed E-state index contributed by atoms with van der Waals surface area (Å²) >= 11 is 0. The van der Waals surface area contributed by atoms with Crippen LogP contribution >= 0.6 is 0 Å². The van der Waals surface area contributed by atoms with E-state index < -0.39 is 0 Å². The summed E-state index contributed by atoms with van der Waals surface area (Å²) in [5.74, 6) is 0.712. The van der Waals surface area contributed by atoms with Crippen molar-refractivity contribution in [3.8, 4) is 0 Å². The molecule has 2 atom stereocenters. The Hall–Kier alpha value is -1.14. The lowest BCUT2D eigenvalue weighted by Crippen LogP contribution is -2.61. The van der Waals surface area contributed by atoms with Crippen LogP contribution in [0.15, 0.2) is 0 Å². The lowest BCUT2D eigenvalue weighted by Gasteiger charge is -2.47. The second-order valence-corrected chi connectivity index (χ2v) is 6.45. The van der Waals surface area contributed by atoms with Crippen molar-refractivity contribution in [2.75, 3.05) is 39.3 Å². The predicted octanol–water partition coefficient (Wildman–Crippen LogP) is -0.166. The average Bonchev–Trinajstić information content (AvgIpc) is 3.28. The molecule has 0 unspecified atom stereocenters. The van der Waals surface area contributed by atoms with Crippen molar-refractivity contribution >= 4 is 11.8 Å². The Kier molecular flexibility index (Phi) is 4.45. The quantitative estimate of drug-likeness (QED) is 0.782. The molecule has 0 radical (unpaired) electrons. The monoisotopic (exact) mass is 295 g/mol. The van der Waals surface area contributed by atoms with Gasteiger partial charge in [-0.3, -0.25) is 14.5 Å². The second kappa shape index (κ2) is 6.32. The first kappa shape index (κ1) is 14.8. The number of nitrogens with zero attached hydrogens (tertiary/aromatic N) is 2. The minimum absolute atomic E-state index is 0.0144. The van der Waals surface area contributed by atoms with E-state index in [-0.39, 0.29) is 24.5 Å². The van der Waals surface area contributed by atoms with E-state index in [1.165, 1.54) is 19.8 Å². The van der Waals surface area contributed by atoms with Gasteiger partial charge in [0.05, 0.1) is 25.3 Å². The van der Waals surface area contributed by atoms with Gasteiger partial charge in [-0.2, -0.15) is 0 Å². The van der Waals surface area contributed by atoms with Gasteiger partial charge in [0.25, 0.3) is 0 Å². The molecule has 6 nitrogen and oxygen atoms in total. The van der Waals surface area contributed by atoms with E-state index in [1.54, 1.807) is 0 Å². The number of rotatable bonds is 4. The number of amides is 2. The van der Waals surface area contributed by atoms with E-state index in [0.29, 0.717) is 6.04 Å². The fourth-order valence-corrected chi connectivity index (χ4v) is 3.34. The van der Waals surface area contributed by atoms with Gasteiger partial charge in [0.1, 0.15) is 0 Å². The highest BCUT2D eigenvalue weighted by Crippen LogP contribution is 2.32. The summed E-state index contributed by atoms with van der Waals surface area (Å²) in [6.07, 6.45) is 3.86. The SMILES string of the molecule is CC(=O)NCC(=O)N1CC[C@@H]2OCCN(CC3CC3)[C@H]2C1. The van der Waals surface area contributed by atoms with Crippen molar-refractivity contribution < 1.29 is 14.3 Å². The van der Waals surface area contributed by atoms with E-state index in [1.807, 2.05) is 4.90 Å². The van der Waals surface area contributed by atoms with Crippen LogP contribution in [0.1, 0.15) is 26.2 Å². The van der Waals surface area contributed by atoms with Crippen LogP contribution in [-0.4, -0.2) is 73.1 Å². The molecular weight excluding hydrogens is 270 g/mol. The fourth-order valence-electron chi connectivity index (χ4n) is 3.34. The molecule has 0 bridgehead atoms. The number of ether oxygens (including phenoxy) is 1. The third-order valence-electron chi connectivity index (χ3n) is 4.73. The predicted molar refractivity (Wildman–Crippen MR) is 77.7 cm³/mol. The van der Waals surface area contributed by atoms with Crippen molar-refractivity contribution in [3.05, 3.63) is 0 Å². The normalized spacial score (nSPS) is 29.9. The van der Waals surface area contributed by atoms with Gasteiger partial charge in [0.2, 0.25) is 11.8 Å². The lowest BCUT2D eigenvalue weighted by molar-refractivity contribution is -0.143. The third kappa shape index (κ3) is 3.74. The molecule has 2 heterocycles. The number of hydrogen-bond donors (Lipinski definition) is 1. The van der Waals surface area contributed by atoms with Gasteiger partial charge in [0, 0.05) is 33.1 Å². The summed E-state index contributed by atoms with van der Waals surface area (Å²) in [7, 11) is 0. The van der Waals surface area contributed by atoms with Gasteiger partial charge in [0.15, 0.2) is 0 Å². The number of morpholine rings is 1. The molecule has 21 heavy (non-hydrogen) atoms. The summed E-state index contributed by atoms with van der Waals surface area (Å²) in [5.41, 5.74) is 0. The molecule has 3 aliphatic rings. The number of carbonyl (C=O) groups is 2. The minimum atomic E-state index is -0.158. The van der Waals surface area contributed by atoms with Gasteiger partial charge < -0.3 is 15.0 Å². The van der Waals surface area contributed by atoms with E-state index >= 15 is 0 Å². The molecule has 0 aromatic carbocycles. The molecule has 3 fully saturated rings. The van der Waals surface area contributed by atoms with Crippen LogP contribution < -0.4 is 5.32 Å². The number of piperidine rings is 1. The second-order valence-electron chi connectivity index (χ2n) is 6.45. The molecule has 1 saturated carbocycles. The van der Waals surface area contributed by atoms with E-state index in [2.05, 4.69) is 10.2 Å². The average molecular weight is 295 g/mol. The van der Waals surface area contributed by atoms with Crippen molar-refractivity contribution in [3.63, 3.8) is 0 Å². The highest BCUT2D eigenvalue weighted by atomic mass is 16.5. The molecular formula is C15H25N3O3. The molecule has 2 saturated heterocycles. The minimum Gasteiger partial charge on any atom is -0.375 e. The molecule has 2 aliphatic heterocycles. The number of fused-ring (bicyclic) bond motifs is 1. The van der Waals surface area contributed by atoms with Crippen LogP contribution in [0.5, 0.6) is 0 Å². The van der Waals surface area contributed by atoms with E-state index in [0.717, 1.165) is 45.1 Å². The highest BCUT2D eigenvalue weighted by Gasteiger charge is 2.40. The molecule has 0 aromatic heterocycles. The zero-order valence-corrected chi connectivity index (χ0v) is 12.7. The van der Waals surface area contributed by atoms with Crippen LogP contribution in [0.2, 0.25) is 0 Å².